The lowest BCUT2D eigenvalue weighted by molar-refractivity contribution is -0.124. The van der Waals surface area contributed by atoms with E-state index in [1.807, 2.05) is 13.8 Å². The maximum atomic E-state index is 13.1. The zero-order chi connectivity index (χ0) is 31.9. The van der Waals surface area contributed by atoms with E-state index in [9.17, 15) is 14.4 Å². The first-order valence-electron chi connectivity index (χ1n) is 13.6. The Labute approximate surface area is 271 Å². The number of alkyl carbamates (subject to hydrolysis) is 1. The number of hydrogen-bond acceptors (Lipinski definition) is 6. The average molecular weight is 672 g/mol. The first-order valence-corrected chi connectivity index (χ1v) is 15.2. The maximum Gasteiger partial charge on any atom is 0.408 e. The fraction of sp³-hybridized carbons (Fsp3) is 0.400. The van der Waals surface area contributed by atoms with Crippen molar-refractivity contribution < 1.29 is 23.6 Å². The van der Waals surface area contributed by atoms with Gasteiger partial charge in [-0.2, -0.15) is 0 Å². The molecule has 0 saturated carbocycles. The molecule has 0 bridgehead atoms. The summed E-state index contributed by atoms with van der Waals surface area (Å²) in [4.78, 5) is 38.5. The van der Waals surface area contributed by atoms with Gasteiger partial charge < -0.3 is 24.8 Å². The van der Waals surface area contributed by atoms with Gasteiger partial charge in [0.05, 0.1) is 10.0 Å². The minimum absolute atomic E-state index is 0.0422. The summed E-state index contributed by atoms with van der Waals surface area (Å²) in [5.74, 6) is -0.765. The lowest BCUT2D eigenvalue weighted by Crippen LogP contribution is -2.52. The third-order valence-electron chi connectivity index (χ3n) is 6.43. The lowest BCUT2D eigenvalue weighted by atomic mass is 9.98. The van der Waals surface area contributed by atoms with Crippen molar-refractivity contribution in [3.8, 4) is 22.6 Å². The molecule has 232 valence electrons. The molecule has 13 heteroatoms. The van der Waals surface area contributed by atoms with Gasteiger partial charge in [0, 0.05) is 36.0 Å². The number of carbonyl (C=O) groups excluding carboxylic acids is 3. The van der Waals surface area contributed by atoms with Gasteiger partial charge in [0.2, 0.25) is 5.91 Å². The number of alkyl halides is 2. The predicted octanol–water partition coefficient (Wildman–Crippen LogP) is 7.51. The van der Waals surface area contributed by atoms with Crippen molar-refractivity contribution in [2.75, 3.05) is 18.0 Å². The largest absolute Gasteiger partial charge is 0.444 e. The van der Waals surface area contributed by atoms with Crippen LogP contribution in [0.25, 0.3) is 22.6 Å². The molecular formula is C30H34Cl4N4O5. The highest BCUT2D eigenvalue weighted by Gasteiger charge is 2.29. The molecule has 3 aromatic rings. The molecule has 3 amide bonds. The number of ether oxygens (including phenoxy) is 1. The summed E-state index contributed by atoms with van der Waals surface area (Å²) in [5.41, 5.74) is 1.34. The van der Waals surface area contributed by atoms with Crippen LogP contribution >= 0.6 is 46.4 Å². The number of carbonyl (C=O) groups is 3. The highest BCUT2D eigenvalue weighted by molar-refractivity contribution is 6.54. The van der Waals surface area contributed by atoms with E-state index in [1.165, 1.54) is 4.90 Å². The summed E-state index contributed by atoms with van der Waals surface area (Å²) >= 11 is 24.6. The fourth-order valence-electron chi connectivity index (χ4n) is 4.12. The molecule has 2 aromatic carbocycles. The molecule has 0 saturated heterocycles. The monoisotopic (exact) mass is 670 g/mol. The Kier molecular flexibility index (Phi) is 12.2. The number of nitrogens with one attached hydrogen (secondary N) is 2. The van der Waals surface area contributed by atoms with Crippen molar-refractivity contribution >= 4 is 70.0 Å². The number of rotatable bonds is 11. The number of amides is 3. The van der Waals surface area contributed by atoms with E-state index < -0.39 is 34.4 Å². The summed E-state index contributed by atoms with van der Waals surface area (Å²) in [7, 11) is 0. The molecule has 1 heterocycles. The van der Waals surface area contributed by atoms with E-state index in [4.69, 9.17) is 55.7 Å². The van der Waals surface area contributed by atoms with Gasteiger partial charge in [-0.3, -0.25) is 9.59 Å². The van der Waals surface area contributed by atoms with E-state index in [1.54, 1.807) is 69.3 Å². The zero-order valence-electron chi connectivity index (χ0n) is 24.4. The average Bonchev–Trinajstić information content (AvgIpc) is 3.42. The summed E-state index contributed by atoms with van der Waals surface area (Å²) in [6.07, 6.45) is -0.0570. The minimum Gasteiger partial charge on any atom is -0.444 e. The molecule has 0 radical (unpaired) electrons. The van der Waals surface area contributed by atoms with Crippen LogP contribution in [0.15, 0.2) is 53.1 Å². The lowest BCUT2D eigenvalue weighted by Gasteiger charge is -2.27. The van der Waals surface area contributed by atoms with Crippen LogP contribution in [0.3, 0.4) is 0 Å². The highest BCUT2D eigenvalue weighted by atomic mass is 35.5. The molecule has 1 unspecified atom stereocenters. The number of halogens is 4. The van der Waals surface area contributed by atoms with Crippen LogP contribution in [0.5, 0.6) is 0 Å². The zero-order valence-corrected chi connectivity index (χ0v) is 27.4. The van der Waals surface area contributed by atoms with Gasteiger partial charge in [-0.25, -0.2) is 4.79 Å². The van der Waals surface area contributed by atoms with Crippen molar-refractivity contribution in [2.24, 2.45) is 5.92 Å². The Morgan fingerprint density at radius 3 is 2.30 bits per heavy atom. The van der Waals surface area contributed by atoms with Gasteiger partial charge >= 0.3 is 6.09 Å². The number of hydrogen-bond donors (Lipinski definition) is 2. The molecule has 43 heavy (non-hydrogen) atoms. The molecule has 2 N–H and O–H groups in total. The number of anilines is 1. The molecule has 1 aromatic heterocycles. The third-order valence-corrected chi connectivity index (χ3v) is 7.43. The number of nitrogens with zero attached hydrogens (tertiary/aromatic N) is 2. The predicted molar refractivity (Wildman–Crippen MR) is 171 cm³/mol. The van der Waals surface area contributed by atoms with E-state index in [2.05, 4.69) is 15.8 Å². The van der Waals surface area contributed by atoms with Crippen molar-refractivity contribution in [1.82, 2.24) is 15.8 Å². The van der Waals surface area contributed by atoms with E-state index in [0.717, 1.165) is 0 Å². The minimum atomic E-state index is -1.35. The Morgan fingerprint density at radius 2 is 1.70 bits per heavy atom. The molecular weight excluding hydrogens is 638 g/mol. The van der Waals surface area contributed by atoms with E-state index in [-0.39, 0.29) is 19.0 Å². The van der Waals surface area contributed by atoms with E-state index >= 15 is 0 Å². The number of aromatic nitrogens is 1. The number of benzene rings is 2. The van der Waals surface area contributed by atoms with Crippen LogP contribution in [0.2, 0.25) is 10.0 Å². The second kappa shape index (κ2) is 15.1. The summed E-state index contributed by atoms with van der Waals surface area (Å²) in [6.45, 7) is 9.07. The Bertz CT molecular complexity index is 1420. The second-order valence-corrected chi connectivity index (χ2v) is 12.7. The topological polar surface area (TPSA) is 114 Å². The molecule has 0 aliphatic heterocycles. The Balaban J connectivity index is 1.78. The third kappa shape index (κ3) is 9.50. The summed E-state index contributed by atoms with van der Waals surface area (Å²) in [5, 5.41) is 10.4. The second-order valence-electron chi connectivity index (χ2n) is 10.8. The van der Waals surface area contributed by atoms with E-state index in [0.29, 0.717) is 44.7 Å². The van der Waals surface area contributed by atoms with Gasteiger partial charge in [-0.1, -0.05) is 90.0 Å². The van der Waals surface area contributed by atoms with Crippen molar-refractivity contribution in [3.05, 3.63) is 58.6 Å². The summed E-state index contributed by atoms with van der Waals surface area (Å²) in [6, 6.07) is 12.9. The molecule has 2 atom stereocenters. The van der Waals surface area contributed by atoms with Gasteiger partial charge in [-0.05, 0) is 51.0 Å². The van der Waals surface area contributed by atoms with Crippen molar-refractivity contribution in [3.63, 3.8) is 0 Å². The van der Waals surface area contributed by atoms with Gasteiger partial charge in [0.1, 0.15) is 17.3 Å². The molecule has 3 rings (SSSR count). The fourth-order valence-corrected chi connectivity index (χ4v) is 4.95. The Hall–Kier alpha value is -2.98. The smallest absolute Gasteiger partial charge is 0.408 e. The SMILES string of the molecule is CCC(C)[C@H](NC(=O)OC(C)(C)C)C(=O)NCCN(C(=O)C(Cl)Cl)c1cccc(-c2cc(-c3c(Cl)cccc3Cl)no2)c1. The molecule has 0 aliphatic carbocycles. The van der Waals surface area contributed by atoms with Gasteiger partial charge in [-0.15, -0.1) is 0 Å². The van der Waals surface area contributed by atoms with Crippen LogP contribution < -0.4 is 15.5 Å². The van der Waals surface area contributed by atoms with Crippen LogP contribution in [-0.4, -0.2) is 52.6 Å². The molecule has 0 aliphatic rings. The van der Waals surface area contributed by atoms with Crippen molar-refractivity contribution in [1.29, 1.82) is 0 Å². The summed E-state index contributed by atoms with van der Waals surface area (Å²) < 4.78 is 10.9. The molecule has 0 fully saturated rings. The quantitative estimate of drug-likeness (QED) is 0.204. The van der Waals surface area contributed by atoms with Crippen LogP contribution in [0.4, 0.5) is 10.5 Å². The van der Waals surface area contributed by atoms with Gasteiger partial charge in [0.15, 0.2) is 10.6 Å². The first kappa shape index (κ1) is 34.5. The van der Waals surface area contributed by atoms with Crippen LogP contribution in [0, 0.1) is 5.92 Å². The van der Waals surface area contributed by atoms with Crippen LogP contribution in [0.1, 0.15) is 41.0 Å². The maximum absolute atomic E-state index is 13.1. The van der Waals surface area contributed by atoms with Crippen molar-refractivity contribution in [2.45, 2.75) is 57.5 Å². The standard InChI is InChI=1S/C30H34Cl4N4O5/c1-6-17(2)25(36-29(41)42-30(3,4)5)27(39)35-13-14-38(28(40)26(33)34)19-10-7-9-18(15-19)23-16-22(37-43-23)24-20(31)11-8-12-21(24)32/h7-12,15-17,25-26H,6,13-14H2,1-5H3,(H,35,39)(H,36,41)/t17?,25-/m0/s1. The highest BCUT2D eigenvalue weighted by Crippen LogP contribution is 2.36. The van der Waals surface area contributed by atoms with Crippen LogP contribution in [-0.2, 0) is 14.3 Å². The Morgan fingerprint density at radius 1 is 1.05 bits per heavy atom. The molecule has 9 nitrogen and oxygen atoms in total. The van der Waals surface area contributed by atoms with Gasteiger partial charge in [0.25, 0.3) is 5.91 Å². The first-order chi connectivity index (χ1) is 20.2. The molecule has 0 spiro atoms. The normalized spacial score (nSPS) is 12.9.